The summed E-state index contributed by atoms with van der Waals surface area (Å²) in [6, 6.07) is 7.26. The summed E-state index contributed by atoms with van der Waals surface area (Å²) in [4.78, 5) is 2.67. The van der Waals surface area contributed by atoms with Crippen molar-refractivity contribution in [1.29, 1.82) is 0 Å². The van der Waals surface area contributed by atoms with Crippen molar-refractivity contribution in [3.05, 3.63) is 23.8 Å². The third-order valence-electron chi connectivity index (χ3n) is 5.09. The first-order valence-electron chi connectivity index (χ1n) is 7.93. The molecule has 0 radical (unpaired) electrons. The normalized spacial score (nSPS) is 27.1. The maximum atomic E-state index is 5.92. The van der Waals surface area contributed by atoms with Gasteiger partial charge in [-0.25, -0.2) is 0 Å². The van der Waals surface area contributed by atoms with Gasteiger partial charge in [-0.05, 0) is 68.2 Å². The minimum absolute atomic E-state index is 0.769. The lowest BCUT2D eigenvalue weighted by Gasteiger charge is -2.41. The molecule has 1 heterocycles. The number of hydrogen-bond acceptors (Lipinski definition) is 2. The predicted molar refractivity (Wildman–Crippen MR) is 82.6 cm³/mol. The standard InChI is InChI=1S/C17H26N2/c1-2-13-5-8-16(9-6-13)19-11-3-4-14-12-15(18)7-10-17(14)19/h7,10,12-13,16H,2-6,8-9,11,18H2,1H3. The molecule has 104 valence electrons. The lowest BCUT2D eigenvalue weighted by Crippen LogP contribution is -2.41. The second-order valence-corrected chi connectivity index (χ2v) is 6.27. The van der Waals surface area contributed by atoms with Crippen LogP contribution < -0.4 is 10.6 Å². The van der Waals surface area contributed by atoms with Gasteiger partial charge in [0.05, 0.1) is 0 Å². The van der Waals surface area contributed by atoms with Crippen LogP contribution in [0.15, 0.2) is 18.2 Å². The van der Waals surface area contributed by atoms with Crippen LogP contribution in [0, 0.1) is 5.92 Å². The smallest absolute Gasteiger partial charge is 0.0402 e. The predicted octanol–water partition coefficient (Wildman–Crippen LogP) is 3.99. The molecule has 2 nitrogen and oxygen atoms in total. The third-order valence-corrected chi connectivity index (χ3v) is 5.09. The average Bonchev–Trinajstić information content (AvgIpc) is 2.46. The Hall–Kier alpha value is -1.18. The fraction of sp³-hybridized carbons (Fsp3) is 0.647. The number of rotatable bonds is 2. The van der Waals surface area contributed by atoms with Crippen LogP contribution in [0.1, 0.15) is 51.0 Å². The lowest BCUT2D eigenvalue weighted by atomic mass is 9.83. The molecule has 19 heavy (non-hydrogen) atoms. The van der Waals surface area contributed by atoms with Crippen molar-refractivity contribution < 1.29 is 0 Å². The van der Waals surface area contributed by atoms with Gasteiger partial charge in [0.2, 0.25) is 0 Å². The van der Waals surface area contributed by atoms with Crippen molar-refractivity contribution in [2.75, 3.05) is 17.2 Å². The number of nitrogens with zero attached hydrogens (tertiary/aromatic N) is 1. The average molecular weight is 258 g/mol. The summed E-state index contributed by atoms with van der Waals surface area (Å²) >= 11 is 0. The van der Waals surface area contributed by atoms with Crippen LogP contribution in [-0.4, -0.2) is 12.6 Å². The molecule has 2 aliphatic rings. The van der Waals surface area contributed by atoms with Gasteiger partial charge in [0.1, 0.15) is 0 Å². The number of nitrogen functional groups attached to an aromatic ring is 1. The Bertz CT molecular complexity index is 433. The molecule has 1 aromatic rings. The first-order valence-corrected chi connectivity index (χ1v) is 7.93. The monoisotopic (exact) mass is 258 g/mol. The zero-order valence-corrected chi connectivity index (χ0v) is 12.1. The highest BCUT2D eigenvalue weighted by atomic mass is 15.2. The Morgan fingerprint density at radius 1 is 1.21 bits per heavy atom. The van der Waals surface area contributed by atoms with Crippen molar-refractivity contribution in [1.82, 2.24) is 0 Å². The van der Waals surface area contributed by atoms with Gasteiger partial charge < -0.3 is 10.6 Å². The fourth-order valence-corrected chi connectivity index (χ4v) is 3.89. The molecule has 0 spiro atoms. The zero-order valence-electron chi connectivity index (χ0n) is 12.1. The lowest BCUT2D eigenvalue weighted by molar-refractivity contribution is 0.306. The second-order valence-electron chi connectivity index (χ2n) is 6.27. The highest BCUT2D eigenvalue weighted by Crippen LogP contribution is 2.36. The molecule has 0 atom stereocenters. The summed E-state index contributed by atoms with van der Waals surface area (Å²) in [7, 11) is 0. The Labute approximate surface area is 117 Å². The van der Waals surface area contributed by atoms with E-state index in [1.165, 1.54) is 62.7 Å². The number of aryl methyl sites for hydroxylation is 1. The Balaban J connectivity index is 1.77. The third kappa shape index (κ3) is 2.58. The van der Waals surface area contributed by atoms with E-state index in [0.29, 0.717) is 0 Å². The van der Waals surface area contributed by atoms with Crippen LogP contribution in [0.5, 0.6) is 0 Å². The van der Waals surface area contributed by atoms with Crippen molar-refractivity contribution >= 4 is 11.4 Å². The molecule has 2 N–H and O–H groups in total. The van der Waals surface area contributed by atoms with Crippen LogP contribution in [0.3, 0.4) is 0 Å². The number of hydrogen-bond donors (Lipinski definition) is 1. The largest absolute Gasteiger partial charge is 0.399 e. The quantitative estimate of drug-likeness (QED) is 0.813. The van der Waals surface area contributed by atoms with Crippen LogP contribution >= 0.6 is 0 Å². The minimum Gasteiger partial charge on any atom is -0.399 e. The SMILES string of the molecule is CCC1CCC(N2CCCc3cc(N)ccc32)CC1. The van der Waals surface area contributed by atoms with E-state index in [2.05, 4.69) is 30.0 Å². The number of nitrogens with two attached hydrogens (primary N) is 1. The van der Waals surface area contributed by atoms with Crippen LogP contribution in [-0.2, 0) is 6.42 Å². The van der Waals surface area contributed by atoms with E-state index in [1.54, 1.807) is 0 Å². The van der Waals surface area contributed by atoms with Gasteiger partial charge in [0.15, 0.2) is 0 Å². The van der Waals surface area contributed by atoms with Gasteiger partial charge in [0, 0.05) is 24.0 Å². The van der Waals surface area contributed by atoms with Gasteiger partial charge in [-0.15, -0.1) is 0 Å². The first-order chi connectivity index (χ1) is 9.28. The Morgan fingerprint density at radius 2 is 2.00 bits per heavy atom. The molecule has 1 aromatic carbocycles. The summed E-state index contributed by atoms with van der Waals surface area (Å²) < 4.78 is 0. The summed E-state index contributed by atoms with van der Waals surface area (Å²) in [6.07, 6.45) is 9.43. The van der Waals surface area contributed by atoms with Crippen molar-refractivity contribution in [2.45, 2.75) is 57.9 Å². The van der Waals surface area contributed by atoms with E-state index in [0.717, 1.165) is 17.6 Å². The van der Waals surface area contributed by atoms with Crippen molar-refractivity contribution in [3.8, 4) is 0 Å². The van der Waals surface area contributed by atoms with E-state index in [9.17, 15) is 0 Å². The maximum Gasteiger partial charge on any atom is 0.0402 e. The van der Waals surface area contributed by atoms with Gasteiger partial charge in [-0.3, -0.25) is 0 Å². The van der Waals surface area contributed by atoms with E-state index >= 15 is 0 Å². The maximum absolute atomic E-state index is 5.92. The molecule has 0 aromatic heterocycles. The fourth-order valence-electron chi connectivity index (χ4n) is 3.89. The Kier molecular flexibility index (Phi) is 3.67. The highest BCUT2D eigenvalue weighted by Gasteiger charge is 2.28. The van der Waals surface area contributed by atoms with E-state index in [4.69, 9.17) is 5.73 Å². The molecular weight excluding hydrogens is 232 g/mol. The molecule has 1 aliphatic heterocycles. The van der Waals surface area contributed by atoms with E-state index < -0.39 is 0 Å². The molecule has 0 bridgehead atoms. The second kappa shape index (κ2) is 5.44. The summed E-state index contributed by atoms with van der Waals surface area (Å²) in [5.41, 5.74) is 9.76. The van der Waals surface area contributed by atoms with Gasteiger partial charge >= 0.3 is 0 Å². The van der Waals surface area contributed by atoms with Gasteiger partial charge in [0.25, 0.3) is 0 Å². The molecular formula is C17H26N2. The number of fused-ring (bicyclic) bond motifs is 1. The molecule has 3 rings (SSSR count). The number of benzene rings is 1. The first kappa shape index (κ1) is 12.8. The topological polar surface area (TPSA) is 29.3 Å². The molecule has 2 heteroatoms. The summed E-state index contributed by atoms with van der Waals surface area (Å²) in [6.45, 7) is 3.57. The number of anilines is 2. The van der Waals surface area contributed by atoms with Crippen LogP contribution in [0.25, 0.3) is 0 Å². The van der Waals surface area contributed by atoms with Crippen molar-refractivity contribution in [2.24, 2.45) is 5.92 Å². The molecule has 0 unspecified atom stereocenters. The van der Waals surface area contributed by atoms with Crippen molar-refractivity contribution in [3.63, 3.8) is 0 Å². The summed E-state index contributed by atoms with van der Waals surface area (Å²) in [5, 5.41) is 0. The van der Waals surface area contributed by atoms with Crippen LogP contribution in [0.2, 0.25) is 0 Å². The van der Waals surface area contributed by atoms with E-state index in [1.807, 2.05) is 0 Å². The molecule has 1 saturated carbocycles. The molecule has 1 aliphatic carbocycles. The Morgan fingerprint density at radius 3 is 2.74 bits per heavy atom. The zero-order chi connectivity index (χ0) is 13.2. The van der Waals surface area contributed by atoms with Crippen LogP contribution in [0.4, 0.5) is 11.4 Å². The summed E-state index contributed by atoms with van der Waals surface area (Å²) in [5.74, 6) is 0.979. The minimum atomic E-state index is 0.769. The molecule has 0 amide bonds. The molecule has 1 fully saturated rings. The van der Waals surface area contributed by atoms with Gasteiger partial charge in [-0.2, -0.15) is 0 Å². The van der Waals surface area contributed by atoms with Gasteiger partial charge in [-0.1, -0.05) is 13.3 Å². The highest BCUT2D eigenvalue weighted by molar-refractivity contribution is 5.61. The molecule has 0 saturated heterocycles. The van der Waals surface area contributed by atoms with E-state index in [-0.39, 0.29) is 0 Å².